The molecule has 0 fully saturated rings. The van der Waals surface area contributed by atoms with E-state index in [1.54, 1.807) is 18.9 Å². The van der Waals surface area contributed by atoms with Gasteiger partial charge in [0.15, 0.2) is 0 Å². The van der Waals surface area contributed by atoms with Gasteiger partial charge in [0.25, 0.3) is 0 Å². The number of ether oxygens (including phenoxy) is 1. The Morgan fingerprint density at radius 3 is 2.68 bits per heavy atom. The summed E-state index contributed by atoms with van der Waals surface area (Å²) in [4.78, 5) is 4.46. The molecule has 0 amide bonds. The van der Waals surface area contributed by atoms with Gasteiger partial charge in [0.05, 0.1) is 19.4 Å². The highest BCUT2D eigenvalue weighted by Crippen LogP contribution is 2.24. The molecule has 1 aromatic heterocycles. The highest BCUT2D eigenvalue weighted by atomic mass is 32.2. The fourth-order valence-electron chi connectivity index (χ4n) is 2.08. The SMILES string of the molecule is COc1c(C)cnc(CNC(C)C(CO)SC)c1C. The molecular formula is C14H24N2O2S. The number of aryl methyl sites for hydroxylation is 1. The van der Waals surface area contributed by atoms with Crippen molar-refractivity contribution in [3.8, 4) is 5.75 Å². The van der Waals surface area contributed by atoms with E-state index in [0.717, 1.165) is 22.6 Å². The quantitative estimate of drug-likeness (QED) is 0.801. The molecule has 0 aliphatic heterocycles. The molecule has 0 aromatic carbocycles. The molecule has 0 saturated carbocycles. The first-order valence-corrected chi connectivity index (χ1v) is 7.70. The molecule has 0 aliphatic carbocycles. The Kier molecular flexibility index (Phi) is 6.62. The van der Waals surface area contributed by atoms with Crippen molar-refractivity contribution in [2.24, 2.45) is 0 Å². The standard InChI is InChI=1S/C14H24N2O2S/c1-9-6-16-12(10(2)14(9)18-4)7-15-11(3)13(8-17)19-5/h6,11,13,15,17H,7-8H2,1-5H3. The van der Waals surface area contributed by atoms with Gasteiger partial charge in [-0.15, -0.1) is 0 Å². The zero-order valence-electron chi connectivity index (χ0n) is 12.4. The van der Waals surface area contributed by atoms with E-state index in [-0.39, 0.29) is 17.9 Å². The number of nitrogens with one attached hydrogen (secondary N) is 1. The van der Waals surface area contributed by atoms with Gasteiger partial charge in [-0.2, -0.15) is 11.8 Å². The Labute approximate surface area is 120 Å². The fraction of sp³-hybridized carbons (Fsp3) is 0.643. The molecule has 108 valence electrons. The van der Waals surface area contributed by atoms with E-state index in [9.17, 15) is 5.11 Å². The average molecular weight is 284 g/mol. The van der Waals surface area contributed by atoms with Crippen LogP contribution in [0.25, 0.3) is 0 Å². The highest BCUT2D eigenvalue weighted by Gasteiger charge is 2.16. The third-order valence-electron chi connectivity index (χ3n) is 3.38. The Bertz CT molecular complexity index is 409. The van der Waals surface area contributed by atoms with E-state index in [0.29, 0.717) is 6.54 Å². The number of rotatable bonds is 7. The van der Waals surface area contributed by atoms with E-state index in [1.165, 1.54) is 0 Å². The molecule has 1 aromatic rings. The lowest BCUT2D eigenvalue weighted by atomic mass is 10.1. The second-order valence-electron chi connectivity index (χ2n) is 4.67. The minimum atomic E-state index is 0.180. The Morgan fingerprint density at radius 1 is 1.47 bits per heavy atom. The topological polar surface area (TPSA) is 54.4 Å². The minimum Gasteiger partial charge on any atom is -0.496 e. The summed E-state index contributed by atoms with van der Waals surface area (Å²) in [5.41, 5.74) is 3.12. The summed E-state index contributed by atoms with van der Waals surface area (Å²) >= 11 is 1.67. The van der Waals surface area contributed by atoms with Gasteiger partial charge in [-0.25, -0.2) is 0 Å². The number of hydrogen-bond donors (Lipinski definition) is 2. The maximum Gasteiger partial charge on any atom is 0.128 e. The highest BCUT2D eigenvalue weighted by molar-refractivity contribution is 7.99. The van der Waals surface area contributed by atoms with Gasteiger partial charge in [0.2, 0.25) is 0 Å². The van der Waals surface area contributed by atoms with Crippen LogP contribution in [-0.4, -0.2) is 41.4 Å². The molecule has 5 heteroatoms. The first-order chi connectivity index (χ1) is 9.04. The van der Waals surface area contributed by atoms with Crippen molar-refractivity contribution >= 4 is 11.8 Å². The summed E-state index contributed by atoms with van der Waals surface area (Å²) in [5.74, 6) is 0.906. The molecular weight excluding hydrogens is 260 g/mol. The van der Waals surface area contributed by atoms with E-state index < -0.39 is 0 Å². The molecule has 2 atom stereocenters. The summed E-state index contributed by atoms with van der Waals surface area (Å²) < 4.78 is 5.40. The van der Waals surface area contributed by atoms with Gasteiger partial charge < -0.3 is 15.2 Å². The number of aliphatic hydroxyl groups excluding tert-OH is 1. The number of thioether (sulfide) groups is 1. The van der Waals surface area contributed by atoms with Crippen LogP contribution < -0.4 is 10.1 Å². The van der Waals surface area contributed by atoms with E-state index in [4.69, 9.17) is 4.74 Å². The van der Waals surface area contributed by atoms with Crippen molar-refractivity contribution < 1.29 is 9.84 Å². The van der Waals surface area contributed by atoms with Gasteiger partial charge in [-0.05, 0) is 27.0 Å². The number of nitrogens with zero attached hydrogens (tertiary/aromatic N) is 1. The van der Waals surface area contributed by atoms with Crippen LogP contribution in [0, 0.1) is 13.8 Å². The van der Waals surface area contributed by atoms with Crippen LogP contribution in [0.3, 0.4) is 0 Å². The monoisotopic (exact) mass is 284 g/mol. The van der Waals surface area contributed by atoms with Crippen molar-refractivity contribution in [2.45, 2.75) is 38.6 Å². The molecule has 2 N–H and O–H groups in total. The zero-order chi connectivity index (χ0) is 14.4. The molecule has 1 rings (SSSR count). The summed E-state index contributed by atoms with van der Waals surface area (Å²) in [5, 5.41) is 12.9. The van der Waals surface area contributed by atoms with Crippen LogP contribution in [-0.2, 0) is 6.54 Å². The fourth-order valence-corrected chi connectivity index (χ4v) is 2.73. The number of pyridine rings is 1. The molecule has 0 saturated heterocycles. The number of aromatic nitrogens is 1. The average Bonchev–Trinajstić information content (AvgIpc) is 2.40. The van der Waals surface area contributed by atoms with Crippen molar-refractivity contribution in [3.63, 3.8) is 0 Å². The van der Waals surface area contributed by atoms with Crippen LogP contribution >= 0.6 is 11.8 Å². The van der Waals surface area contributed by atoms with Crippen LogP contribution in [0.4, 0.5) is 0 Å². The van der Waals surface area contributed by atoms with Gasteiger partial charge in [-0.1, -0.05) is 0 Å². The second kappa shape index (κ2) is 7.72. The van der Waals surface area contributed by atoms with Gasteiger partial charge >= 0.3 is 0 Å². The third kappa shape index (κ3) is 4.09. The van der Waals surface area contributed by atoms with Crippen molar-refractivity contribution in [3.05, 3.63) is 23.0 Å². The summed E-state index contributed by atoms with van der Waals surface area (Å²) in [6, 6.07) is 0.230. The van der Waals surface area contributed by atoms with Crippen molar-refractivity contribution in [1.29, 1.82) is 0 Å². The first kappa shape index (κ1) is 16.3. The predicted molar refractivity (Wildman–Crippen MR) is 81.0 cm³/mol. The lowest BCUT2D eigenvalue weighted by Crippen LogP contribution is -2.37. The first-order valence-electron chi connectivity index (χ1n) is 6.41. The molecule has 4 nitrogen and oxygen atoms in total. The molecule has 0 bridgehead atoms. The van der Waals surface area contributed by atoms with Gasteiger partial charge in [0, 0.05) is 35.2 Å². The molecule has 1 heterocycles. The normalized spacial score (nSPS) is 14.2. The Morgan fingerprint density at radius 2 is 2.16 bits per heavy atom. The van der Waals surface area contributed by atoms with E-state index in [2.05, 4.69) is 17.2 Å². The molecule has 0 aliphatic rings. The molecule has 19 heavy (non-hydrogen) atoms. The maximum absolute atomic E-state index is 9.27. The van der Waals surface area contributed by atoms with Crippen molar-refractivity contribution in [2.75, 3.05) is 20.0 Å². The number of hydrogen-bond acceptors (Lipinski definition) is 5. The summed E-state index contributed by atoms with van der Waals surface area (Å²) in [6.45, 7) is 6.96. The minimum absolute atomic E-state index is 0.180. The van der Waals surface area contributed by atoms with E-state index >= 15 is 0 Å². The van der Waals surface area contributed by atoms with E-state index in [1.807, 2.05) is 26.3 Å². The smallest absolute Gasteiger partial charge is 0.128 e. The van der Waals surface area contributed by atoms with Crippen LogP contribution in [0.15, 0.2) is 6.20 Å². The van der Waals surface area contributed by atoms with Crippen LogP contribution in [0.5, 0.6) is 5.75 Å². The Balaban J connectivity index is 2.73. The van der Waals surface area contributed by atoms with Crippen LogP contribution in [0.2, 0.25) is 0 Å². The summed E-state index contributed by atoms with van der Waals surface area (Å²) in [7, 11) is 1.69. The van der Waals surface area contributed by atoms with Gasteiger partial charge in [-0.3, -0.25) is 4.98 Å². The largest absolute Gasteiger partial charge is 0.496 e. The number of methoxy groups -OCH3 is 1. The Hall–Kier alpha value is -0.780. The second-order valence-corrected chi connectivity index (χ2v) is 5.75. The molecule has 2 unspecified atom stereocenters. The lowest BCUT2D eigenvalue weighted by Gasteiger charge is -2.22. The van der Waals surface area contributed by atoms with Crippen LogP contribution in [0.1, 0.15) is 23.7 Å². The third-order valence-corrected chi connectivity index (χ3v) is 4.54. The summed E-state index contributed by atoms with van der Waals surface area (Å²) in [6.07, 6.45) is 3.85. The molecule has 0 spiro atoms. The maximum atomic E-state index is 9.27. The van der Waals surface area contributed by atoms with Gasteiger partial charge in [0.1, 0.15) is 5.75 Å². The number of aliphatic hydroxyl groups is 1. The molecule has 0 radical (unpaired) electrons. The van der Waals surface area contributed by atoms with Crippen molar-refractivity contribution in [1.82, 2.24) is 10.3 Å². The zero-order valence-corrected chi connectivity index (χ0v) is 13.2. The predicted octanol–water partition coefficient (Wildman–Crippen LogP) is 1.91. The lowest BCUT2D eigenvalue weighted by molar-refractivity contribution is 0.275.